The molecule has 0 aliphatic carbocycles. The van der Waals surface area contributed by atoms with Crippen LogP contribution in [0.3, 0.4) is 0 Å². The molecule has 0 fully saturated rings. The maximum absolute atomic E-state index is 11.9. The van der Waals surface area contributed by atoms with Gasteiger partial charge in [-0.15, -0.1) is 0 Å². The summed E-state index contributed by atoms with van der Waals surface area (Å²) >= 11 is 0. The molecule has 1 aliphatic rings. The molecule has 92 valence electrons. The van der Waals surface area contributed by atoms with Crippen LogP contribution in [0.4, 0.5) is 11.4 Å². The first-order chi connectivity index (χ1) is 8.15. The molecule has 1 heterocycles. The van der Waals surface area contributed by atoms with E-state index in [4.69, 9.17) is 0 Å². The summed E-state index contributed by atoms with van der Waals surface area (Å²) in [7, 11) is -1.28. The molecular weight excluding hydrogens is 240 g/mol. The number of fused-ring (bicyclic) bond motifs is 1. The van der Waals surface area contributed by atoms with E-state index in [-0.39, 0.29) is 5.69 Å². The van der Waals surface area contributed by atoms with Crippen molar-refractivity contribution in [2.75, 3.05) is 17.3 Å². The summed E-state index contributed by atoms with van der Waals surface area (Å²) in [6, 6.07) is 4.88. The second-order valence-electron chi connectivity index (χ2n) is 3.97. The van der Waals surface area contributed by atoms with Gasteiger partial charge in [0.25, 0.3) is 5.69 Å². The summed E-state index contributed by atoms with van der Waals surface area (Å²) in [6.45, 7) is 2.89. The Hall–Kier alpha value is -1.43. The smallest absolute Gasteiger partial charge is 0.287 e. The van der Waals surface area contributed by atoms with Crippen LogP contribution >= 0.6 is 0 Å². The topological polar surface area (TPSA) is 63.5 Å². The molecular formula is C11H14N2O3S. The standard InChI is InChI=1S/C11H14N2O3S/c1-2-3-7-12-8-17(16)11-9(12)5-4-6-10(11)13(14)15/h4-6H,2-3,7-8H2,1H3. The van der Waals surface area contributed by atoms with Gasteiger partial charge in [0.15, 0.2) is 0 Å². The zero-order chi connectivity index (χ0) is 12.4. The van der Waals surface area contributed by atoms with E-state index >= 15 is 0 Å². The largest absolute Gasteiger partial charge is 0.358 e. The SMILES string of the molecule is CCCCN1CS(=O)c2c1cccc2[N+](=O)[O-]. The Morgan fingerprint density at radius 3 is 2.94 bits per heavy atom. The molecule has 1 unspecified atom stereocenters. The Kier molecular flexibility index (Phi) is 3.42. The lowest BCUT2D eigenvalue weighted by Crippen LogP contribution is -2.22. The third-order valence-corrected chi connectivity index (χ3v) is 4.21. The first-order valence-corrected chi connectivity index (χ1v) is 6.87. The molecule has 0 aromatic heterocycles. The second-order valence-corrected chi connectivity index (χ2v) is 5.33. The Bertz CT molecular complexity index is 476. The number of hydrogen-bond acceptors (Lipinski definition) is 4. The van der Waals surface area contributed by atoms with E-state index in [0.717, 1.165) is 25.1 Å². The summed E-state index contributed by atoms with van der Waals surface area (Å²) in [4.78, 5) is 12.8. The van der Waals surface area contributed by atoms with Crippen LogP contribution in [0.5, 0.6) is 0 Å². The van der Waals surface area contributed by atoms with Gasteiger partial charge in [-0.2, -0.15) is 0 Å². The van der Waals surface area contributed by atoms with Crippen molar-refractivity contribution in [1.29, 1.82) is 0 Å². The minimum Gasteiger partial charge on any atom is -0.358 e. The predicted molar refractivity (Wildman–Crippen MR) is 66.6 cm³/mol. The van der Waals surface area contributed by atoms with Crippen LogP contribution in [0.15, 0.2) is 23.1 Å². The van der Waals surface area contributed by atoms with Gasteiger partial charge in [0.2, 0.25) is 0 Å². The molecule has 0 amide bonds. The Labute approximate surface area is 102 Å². The van der Waals surface area contributed by atoms with Crippen LogP contribution < -0.4 is 4.90 Å². The first kappa shape index (κ1) is 12.0. The molecule has 0 radical (unpaired) electrons. The lowest BCUT2D eigenvalue weighted by Gasteiger charge is -2.16. The zero-order valence-corrected chi connectivity index (χ0v) is 10.4. The minimum atomic E-state index is -1.28. The van der Waals surface area contributed by atoms with Crippen LogP contribution in [-0.4, -0.2) is 21.6 Å². The van der Waals surface area contributed by atoms with Crippen molar-refractivity contribution in [3.63, 3.8) is 0 Å². The fourth-order valence-electron chi connectivity index (χ4n) is 1.95. The molecule has 1 atom stereocenters. The maximum Gasteiger partial charge on any atom is 0.287 e. The molecule has 0 N–H and O–H groups in total. The van der Waals surface area contributed by atoms with E-state index in [1.807, 2.05) is 11.0 Å². The summed E-state index contributed by atoms with van der Waals surface area (Å²) in [5.74, 6) is 0.375. The van der Waals surface area contributed by atoms with E-state index in [1.54, 1.807) is 6.07 Å². The molecule has 1 aromatic rings. The normalized spacial score (nSPS) is 18.2. The average Bonchev–Trinajstić information content (AvgIpc) is 2.64. The highest BCUT2D eigenvalue weighted by atomic mass is 32.2. The van der Waals surface area contributed by atoms with Gasteiger partial charge in [0, 0.05) is 12.6 Å². The molecule has 2 rings (SSSR count). The second kappa shape index (κ2) is 4.83. The molecule has 0 saturated heterocycles. The summed E-state index contributed by atoms with van der Waals surface area (Å²) < 4.78 is 11.9. The van der Waals surface area contributed by atoms with Crippen molar-refractivity contribution in [2.45, 2.75) is 24.7 Å². The third-order valence-electron chi connectivity index (χ3n) is 2.79. The number of unbranched alkanes of at least 4 members (excludes halogenated alkanes) is 1. The molecule has 1 aliphatic heterocycles. The van der Waals surface area contributed by atoms with Crippen LogP contribution in [-0.2, 0) is 10.8 Å². The number of nitrogens with zero attached hydrogens (tertiary/aromatic N) is 2. The van der Waals surface area contributed by atoms with Crippen LogP contribution in [0.25, 0.3) is 0 Å². The van der Waals surface area contributed by atoms with E-state index in [2.05, 4.69) is 6.92 Å². The van der Waals surface area contributed by atoms with E-state index in [0.29, 0.717) is 10.8 Å². The van der Waals surface area contributed by atoms with Crippen molar-refractivity contribution < 1.29 is 9.13 Å². The quantitative estimate of drug-likeness (QED) is 0.611. The van der Waals surface area contributed by atoms with E-state index in [1.165, 1.54) is 6.07 Å². The highest BCUT2D eigenvalue weighted by molar-refractivity contribution is 7.85. The summed E-state index contributed by atoms with van der Waals surface area (Å²) in [5.41, 5.74) is 0.728. The number of anilines is 1. The zero-order valence-electron chi connectivity index (χ0n) is 9.59. The van der Waals surface area contributed by atoms with Crippen molar-refractivity contribution in [3.05, 3.63) is 28.3 Å². The fraction of sp³-hybridized carbons (Fsp3) is 0.455. The maximum atomic E-state index is 11.9. The van der Waals surface area contributed by atoms with Crippen LogP contribution in [0.2, 0.25) is 0 Å². The summed E-state index contributed by atoms with van der Waals surface area (Å²) in [5, 5.41) is 10.9. The van der Waals surface area contributed by atoms with Crippen molar-refractivity contribution in [3.8, 4) is 0 Å². The number of nitro benzene ring substituents is 1. The van der Waals surface area contributed by atoms with Crippen molar-refractivity contribution in [2.24, 2.45) is 0 Å². The minimum absolute atomic E-state index is 0.0279. The molecule has 5 nitrogen and oxygen atoms in total. The Morgan fingerprint density at radius 1 is 1.53 bits per heavy atom. The lowest BCUT2D eigenvalue weighted by atomic mass is 10.2. The van der Waals surface area contributed by atoms with Gasteiger partial charge in [0.05, 0.1) is 27.3 Å². The third kappa shape index (κ3) is 2.17. The average molecular weight is 254 g/mol. The van der Waals surface area contributed by atoms with Gasteiger partial charge in [-0.05, 0) is 12.5 Å². The summed E-state index contributed by atoms with van der Waals surface area (Å²) in [6.07, 6.45) is 2.05. The van der Waals surface area contributed by atoms with Gasteiger partial charge >= 0.3 is 0 Å². The molecule has 17 heavy (non-hydrogen) atoms. The monoisotopic (exact) mass is 254 g/mol. The predicted octanol–water partition coefficient (Wildman–Crippen LogP) is 2.28. The van der Waals surface area contributed by atoms with E-state index < -0.39 is 15.7 Å². The first-order valence-electron chi connectivity index (χ1n) is 5.56. The lowest BCUT2D eigenvalue weighted by molar-refractivity contribution is -0.387. The van der Waals surface area contributed by atoms with Crippen molar-refractivity contribution in [1.82, 2.24) is 0 Å². The van der Waals surface area contributed by atoms with Crippen LogP contribution in [0.1, 0.15) is 19.8 Å². The molecule has 0 bridgehead atoms. The van der Waals surface area contributed by atoms with Gasteiger partial charge in [-0.25, -0.2) is 0 Å². The number of benzene rings is 1. The number of nitro groups is 1. The Balaban J connectivity index is 2.39. The number of rotatable bonds is 4. The molecule has 6 heteroatoms. The highest BCUT2D eigenvalue weighted by Crippen LogP contribution is 2.37. The highest BCUT2D eigenvalue weighted by Gasteiger charge is 2.32. The van der Waals surface area contributed by atoms with Gasteiger partial charge < -0.3 is 4.90 Å². The number of hydrogen-bond donors (Lipinski definition) is 0. The molecule has 1 aromatic carbocycles. The molecule has 0 spiro atoms. The van der Waals surface area contributed by atoms with Crippen molar-refractivity contribution >= 4 is 22.2 Å². The van der Waals surface area contributed by atoms with Crippen LogP contribution in [0, 0.1) is 10.1 Å². The van der Waals surface area contributed by atoms with Gasteiger partial charge in [-0.3, -0.25) is 14.3 Å². The fourth-order valence-corrected chi connectivity index (χ4v) is 3.44. The van der Waals surface area contributed by atoms with Gasteiger partial charge in [0.1, 0.15) is 4.90 Å². The van der Waals surface area contributed by atoms with E-state index in [9.17, 15) is 14.3 Å². The van der Waals surface area contributed by atoms with Gasteiger partial charge in [-0.1, -0.05) is 19.4 Å². The molecule has 0 saturated carbocycles. The Morgan fingerprint density at radius 2 is 2.29 bits per heavy atom.